The van der Waals surface area contributed by atoms with Crippen LogP contribution in [0.15, 0.2) is 69.7 Å². The summed E-state index contributed by atoms with van der Waals surface area (Å²) >= 11 is 1.65. The molecule has 5 rings (SSSR count). The third-order valence-electron chi connectivity index (χ3n) is 6.20. The van der Waals surface area contributed by atoms with Gasteiger partial charge in [0.05, 0.1) is 11.8 Å². The Kier molecular flexibility index (Phi) is 6.48. The molecule has 2 amide bonds. The molecule has 1 saturated heterocycles. The van der Waals surface area contributed by atoms with Gasteiger partial charge in [-0.1, -0.05) is 24.3 Å². The fourth-order valence-corrected chi connectivity index (χ4v) is 5.70. The van der Waals surface area contributed by atoms with Gasteiger partial charge in [0.1, 0.15) is 11.6 Å². The van der Waals surface area contributed by atoms with Crippen LogP contribution in [0.3, 0.4) is 0 Å². The molecular weight excluding hydrogens is 493 g/mol. The van der Waals surface area contributed by atoms with Gasteiger partial charge >= 0.3 is 12.5 Å². The molecule has 1 aliphatic heterocycles. The average Bonchev–Trinajstić information content (AvgIpc) is 3.59. The Morgan fingerprint density at radius 1 is 1.14 bits per heavy atom. The maximum Gasteiger partial charge on any atom is 0.315 e. The van der Waals surface area contributed by atoms with Crippen molar-refractivity contribution in [2.75, 3.05) is 18.1 Å². The molecule has 186 valence electrons. The van der Waals surface area contributed by atoms with E-state index in [1.165, 1.54) is 12.1 Å². The third-order valence-corrected chi connectivity index (χ3v) is 7.35. The summed E-state index contributed by atoms with van der Waals surface area (Å²) in [6.07, 6.45) is -1.20. The Balaban J connectivity index is 1.55. The fourth-order valence-electron chi connectivity index (χ4n) is 4.48. The molecule has 11 heteroatoms. The van der Waals surface area contributed by atoms with Crippen LogP contribution in [0.25, 0.3) is 22.8 Å². The van der Waals surface area contributed by atoms with Gasteiger partial charge in [-0.25, -0.2) is 9.18 Å². The molecule has 1 unspecified atom stereocenters. The zero-order chi connectivity index (χ0) is 25.3. The SMILES string of the molecule is NC(=O)N1CCSCC1(Cc1ccc(-c2nnc(C(F)F)o2)cc1F)c1cccc(-c2ccco2)c1. The van der Waals surface area contributed by atoms with Crippen LogP contribution in [-0.2, 0) is 12.0 Å². The van der Waals surface area contributed by atoms with Crippen molar-refractivity contribution in [3.8, 4) is 22.8 Å². The molecule has 0 saturated carbocycles. The topological polar surface area (TPSA) is 98.4 Å². The molecule has 0 radical (unpaired) electrons. The number of hydrogen-bond acceptors (Lipinski definition) is 6. The fraction of sp³-hybridized carbons (Fsp3) is 0.240. The van der Waals surface area contributed by atoms with Crippen molar-refractivity contribution in [2.45, 2.75) is 18.4 Å². The third kappa shape index (κ3) is 4.46. The number of carbonyl (C=O) groups excluding carboxylic acids is 1. The molecule has 0 spiro atoms. The quantitative estimate of drug-likeness (QED) is 0.358. The number of carbonyl (C=O) groups is 1. The number of amides is 2. The number of nitrogens with two attached hydrogens (primary N) is 1. The Hall–Kier alpha value is -3.73. The highest BCUT2D eigenvalue weighted by molar-refractivity contribution is 7.99. The zero-order valence-electron chi connectivity index (χ0n) is 18.9. The minimum absolute atomic E-state index is 0.142. The summed E-state index contributed by atoms with van der Waals surface area (Å²) in [5, 5.41) is 6.87. The van der Waals surface area contributed by atoms with Crippen molar-refractivity contribution in [2.24, 2.45) is 5.73 Å². The summed E-state index contributed by atoms with van der Waals surface area (Å²) in [6, 6.07) is 14.8. The normalized spacial score (nSPS) is 18.1. The highest BCUT2D eigenvalue weighted by atomic mass is 32.2. The first-order chi connectivity index (χ1) is 17.4. The van der Waals surface area contributed by atoms with Crippen LogP contribution in [0.1, 0.15) is 23.4 Å². The van der Waals surface area contributed by atoms with Crippen molar-refractivity contribution < 1.29 is 26.8 Å². The van der Waals surface area contributed by atoms with E-state index in [4.69, 9.17) is 14.6 Å². The van der Waals surface area contributed by atoms with Gasteiger partial charge in [-0.3, -0.25) is 0 Å². The van der Waals surface area contributed by atoms with E-state index in [1.54, 1.807) is 29.0 Å². The molecule has 2 aromatic heterocycles. The smallest absolute Gasteiger partial charge is 0.315 e. The second-order valence-corrected chi connectivity index (χ2v) is 9.47. The van der Waals surface area contributed by atoms with E-state index in [0.29, 0.717) is 29.4 Å². The second kappa shape index (κ2) is 9.73. The molecule has 3 heterocycles. The van der Waals surface area contributed by atoms with E-state index in [1.807, 2.05) is 30.3 Å². The lowest BCUT2D eigenvalue weighted by Gasteiger charge is -2.47. The first kappa shape index (κ1) is 24.0. The predicted octanol–water partition coefficient (Wildman–Crippen LogP) is 5.64. The van der Waals surface area contributed by atoms with E-state index >= 15 is 4.39 Å². The molecule has 0 aliphatic carbocycles. The maximum absolute atomic E-state index is 15.4. The van der Waals surface area contributed by atoms with Crippen molar-refractivity contribution in [3.63, 3.8) is 0 Å². The van der Waals surface area contributed by atoms with Crippen molar-refractivity contribution in [1.29, 1.82) is 0 Å². The van der Waals surface area contributed by atoms with Crippen LogP contribution in [-0.4, -0.2) is 39.2 Å². The van der Waals surface area contributed by atoms with Crippen molar-refractivity contribution >= 4 is 17.8 Å². The van der Waals surface area contributed by atoms with Gasteiger partial charge < -0.3 is 19.5 Å². The molecule has 1 aliphatic rings. The monoisotopic (exact) mass is 514 g/mol. The first-order valence-electron chi connectivity index (χ1n) is 11.1. The Morgan fingerprint density at radius 3 is 2.69 bits per heavy atom. The van der Waals surface area contributed by atoms with Crippen LogP contribution in [0, 0.1) is 5.82 Å². The van der Waals surface area contributed by atoms with Gasteiger partial charge in [0.2, 0.25) is 5.89 Å². The lowest BCUT2D eigenvalue weighted by molar-refractivity contribution is 0.116. The van der Waals surface area contributed by atoms with Gasteiger partial charge in [0, 0.05) is 35.6 Å². The molecule has 2 N–H and O–H groups in total. The highest BCUT2D eigenvalue weighted by Crippen LogP contribution is 2.41. The summed E-state index contributed by atoms with van der Waals surface area (Å²) in [6.45, 7) is 0.406. The van der Waals surface area contributed by atoms with Crippen LogP contribution >= 0.6 is 11.8 Å². The summed E-state index contributed by atoms with van der Waals surface area (Å²) in [4.78, 5) is 14.2. The lowest BCUT2D eigenvalue weighted by atomic mass is 9.82. The molecular formula is C25H21F3N4O3S. The summed E-state index contributed by atoms with van der Waals surface area (Å²) in [5.74, 6) is 0.239. The summed E-state index contributed by atoms with van der Waals surface area (Å²) in [7, 11) is 0. The van der Waals surface area contributed by atoms with E-state index in [9.17, 15) is 13.6 Å². The molecule has 0 bridgehead atoms. The van der Waals surface area contributed by atoms with Gasteiger partial charge in [-0.2, -0.15) is 20.5 Å². The number of hydrogen-bond donors (Lipinski definition) is 1. The molecule has 2 aromatic carbocycles. The van der Waals surface area contributed by atoms with Gasteiger partial charge in [0.25, 0.3) is 5.89 Å². The van der Waals surface area contributed by atoms with Gasteiger partial charge in [-0.05, 0) is 41.5 Å². The minimum atomic E-state index is -2.92. The van der Waals surface area contributed by atoms with E-state index in [0.717, 1.165) is 17.2 Å². The van der Waals surface area contributed by atoms with Crippen molar-refractivity contribution in [3.05, 3.63) is 83.7 Å². The van der Waals surface area contributed by atoms with Gasteiger partial charge in [-0.15, -0.1) is 10.2 Å². The number of urea groups is 1. The standard InChI is InChI=1S/C25H21F3N4O3S/c26-19-12-16(22-30-31-23(35-22)21(27)28)6-7-17(19)13-25(14-36-10-8-32(25)24(29)33)18-4-1-3-15(11-18)20-5-2-9-34-20/h1-7,9,11-12,21H,8,10,13-14H2,(H2,29,33). The number of alkyl halides is 2. The molecule has 1 atom stereocenters. The predicted molar refractivity (Wildman–Crippen MR) is 128 cm³/mol. The van der Waals surface area contributed by atoms with Crippen LogP contribution in [0.4, 0.5) is 18.0 Å². The number of primary amides is 1. The highest BCUT2D eigenvalue weighted by Gasteiger charge is 2.43. The minimum Gasteiger partial charge on any atom is -0.464 e. The Labute approximate surface area is 208 Å². The van der Waals surface area contributed by atoms with Gasteiger partial charge in [0.15, 0.2) is 0 Å². The number of rotatable bonds is 6. The molecule has 4 aromatic rings. The number of thioether (sulfide) groups is 1. The Bertz CT molecular complexity index is 1380. The van der Waals surface area contributed by atoms with E-state index in [2.05, 4.69) is 10.2 Å². The van der Waals surface area contributed by atoms with Crippen LogP contribution in [0.5, 0.6) is 0 Å². The number of halogens is 3. The van der Waals surface area contributed by atoms with Crippen LogP contribution < -0.4 is 5.73 Å². The van der Waals surface area contributed by atoms with Crippen molar-refractivity contribution in [1.82, 2.24) is 15.1 Å². The second-order valence-electron chi connectivity index (χ2n) is 8.36. The summed E-state index contributed by atoms with van der Waals surface area (Å²) in [5.41, 5.74) is 7.00. The summed E-state index contributed by atoms with van der Waals surface area (Å²) < 4.78 is 51.5. The van der Waals surface area contributed by atoms with Crippen LogP contribution in [0.2, 0.25) is 0 Å². The molecule has 1 fully saturated rings. The molecule has 7 nitrogen and oxygen atoms in total. The largest absolute Gasteiger partial charge is 0.464 e. The average molecular weight is 515 g/mol. The van der Waals surface area contributed by atoms with E-state index < -0.39 is 29.7 Å². The lowest BCUT2D eigenvalue weighted by Crippen LogP contribution is -2.57. The maximum atomic E-state index is 15.4. The zero-order valence-corrected chi connectivity index (χ0v) is 19.7. The number of nitrogens with zero attached hydrogens (tertiary/aromatic N) is 3. The number of furan rings is 1. The number of aromatic nitrogens is 2. The Morgan fingerprint density at radius 2 is 2.00 bits per heavy atom. The number of benzene rings is 2. The molecule has 36 heavy (non-hydrogen) atoms. The first-order valence-corrected chi connectivity index (χ1v) is 12.2. The van der Waals surface area contributed by atoms with E-state index in [-0.39, 0.29) is 17.9 Å².